The lowest BCUT2D eigenvalue weighted by atomic mass is 10.0. The molecule has 0 amide bonds. The standard InChI is InChI=1S/C12H18IN/c1-4-6-11(14-3)10-8-5-7-9(2)12(10)13/h5,7-8,11,14H,4,6H2,1-3H3. The number of hydrogen-bond donors (Lipinski definition) is 1. The minimum Gasteiger partial charge on any atom is -0.313 e. The van der Waals surface area contributed by atoms with Crippen molar-refractivity contribution in [3.8, 4) is 0 Å². The summed E-state index contributed by atoms with van der Waals surface area (Å²) < 4.78 is 1.40. The van der Waals surface area contributed by atoms with E-state index in [1.807, 2.05) is 7.05 Å². The summed E-state index contributed by atoms with van der Waals surface area (Å²) in [6.45, 7) is 4.40. The van der Waals surface area contributed by atoms with Crippen molar-refractivity contribution >= 4 is 22.6 Å². The van der Waals surface area contributed by atoms with Crippen molar-refractivity contribution in [1.82, 2.24) is 5.32 Å². The van der Waals surface area contributed by atoms with E-state index in [1.165, 1.54) is 27.5 Å². The van der Waals surface area contributed by atoms with Gasteiger partial charge in [-0.05, 0) is 54.1 Å². The van der Waals surface area contributed by atoms with Crippen molar-refractivity contribution in [3.63, 3.8) is 0 Å². The molecular formula is C12H18IN. The molecule has 0 radical (unpaired) electrons. The molecular weight excluding hydrogens is 285 g/mol. The van der Waals surface area contributed by atoms with Crippen LogP contribution in [0.15, 0.2) is 18.2 Å². The lowest BCUT2D eigenvalue weighted by molar-refractivity contribution is 0.539. The molecule has 1 nitrogen and oxygen atoms in total. The first-order valence-corrected chi connectivity index (χ1v) is 6.20. The van der Waals surface area contributed by atoms with E-state index in [-0.39, 0.29) is 0 Å². The highest BCUT2D eigenvalue weighted by atomic mass is 127. The molecule has 1 unspecified atom stereocenters. The fraction of sp³-hybridized carbons (Fsp3) is 0.500. The molecule has 14 heavy (non-hydrogen) atoms. The van der Waals surface area contributed by atoms with Gasteiger partial charge in [-0.1, -0.05) is 31.5 Å². The molecule has 0 spiro atoms. The molecule has 0 aromatic heterocycles. The van der Waals surface area contributed by atoms with Crippen LogP contribution in [0, 0.1) is 10.5 Å². The van der Waals surface area contributed by atoms with Gasteiger partial charge in [-0.2, -0.15) is 0 Å². The smallest absolute Gasteiger partial charge is 0.0328 e. The van der Waals surface area contributed by atoms with Gasteiger partial charge in [0.05, 0.1) is 0 Å². The first-order chi connectivity index (χ1) is 6.70. The summed E-state index contributed by atoms with van der Waals surface area (Å²) in [4.78, 5) is 0. The predicted molar refractivity (Wildman–Crippen MR) is 70.6 cm³/mol. The predicted octanol–water partition coefficient (Wildman–Crippen LogP) is 3.66. The SMILES string of the molecule is CCCC(NC)c1cccc(C)c1I. The normalized spacial score (nSPS) is 12.9. The molecule has 1 atom stereocenters. The average Bonchev–Trinajstić information content (AvgIpc) is 2.19. The van der Waals surface area contributed by atoms with E-state index < -0.39 is 0 Å². The molecule has 1 aromatic rings. The summed E-state index contributed by atoms with van der Waals surface area (Å²) in [5.41, 5.74) is 2.81. The second-order valence-corrected chi connectivity index (χ2v) is 4.69. The molecule has 0 saturated heterocycles. The van der Waals surface area contributed by atoms with E-state index in [4.69, 9.17) is 0 Å². The number of aryl methyl sites for hydroxylation is 1. The minimum absolute atomic E-state index is 0.506. The molecule has 1 rings (SSSR count). The Morgan fingerprint density at radius 3 is 2.71 bits per heavy atom. The van der Waals surface area contributed by atoms with Gasteiger partial charge in [-0.25, -0.2) is 0 Å². The van der Waals surface area contributed by atoms with Gasteiger partial charge < -0.3 is 5.32 Å². The van der Waals surface area contributed by atoms with E-state index in [2.05, 4.69) is 60.0 Å². The number of hydrogen-bond acceptors (Lipinski definition) is 1. The van der Waals surface area contributed by atoms with Crippen LogP contribution in [-0.4, -0.2) is 7.05 Å². The third kappa shape index (κ3) is 2.70. The van der Waals surface area contributed by atoms with Crippen molar-refractivity contribution in [3.05, 3.63) is 32.9 Å². The van der Waals surface area contributed by atoms with Gasteiger partial charge in [0.25, 0.3) is 0 Å². The summed E-state index contributed by atoms with van der Waals surface area (Å²) >= 11 is 2.44. The van der Waals surface area contributed by atoms with Crippen molar-refractivity contribution in [2.45, 2.75) is 32.7 Å². The first kappa shape index (κ1) is 12.0. The summed E-state index contributed by atoms with van der Waals surface area (Å²) in [7, 11) is 2.04. The highest BCUT2D eigenvalue weighted by molar-refractivity contribution is 14.1. The van der Waals surface area contributed by atoms with Crippen LogP contribution in [0.1, 0.15) is 36.9 Å². The molecule has 0 aliphatic rings. The first-order valence-electron chi connectivity index (χ1n) is 5.13. The fourth-order valence-electron chi connectivity index (χ4n) is 1.68. The van der Waals surface area contributed by atoms with E-state index in [0.717, 1.165) is 0 Å². The Morgan fingerprint density at radius 1 is 1.43 bits per heavy atom. The third-order valence-corrected chi connectivity index (χ3v) is 4.00. The van der Waals surface area contributed by atoms with Crippen LogP contribution in [0.25, 0.3) is 0 Å². The van der Waals surface area contributed by atoms with Gasteiger partial charge in [0.15, 0.2) is 0 Å². The van der Waals surface area contributed by atoms with Gasteiger partial charge in [-0.15, -0.1) is 0 Å². The van der Waals surface area contributed by atoms with Gasteiger partial charge in [0, 0.05) is 9.61 Å². The van der Waals surface area contributed by atoms with Crippen LogP contribution < -0.4 is 5.32 Å². The zero-order valence-electron chi connectivity index (χ0n) is 9.10. The monoisotopic (exact) mass is 303 g/mol. The molecule has 0 bridgehead atoms. The van der Waals surface area contributed by atoms with Gasteiger partial charge in [0.2, 0.25) is 0 Å². The summed E-state index contributed by atoms with van der Waals surface area (Å²) in [5.74, 6) is 0. The van der Waals surface area contributed by atoms with Crippen LogP contribution in [0.4, 0.5) is 0 Å². The quantitative estimate of drug-likeness (QED) is 0.837. The average molecular weight is 303 g/mol. The molecule has 2 heteroatoms. The molecule has 0 aliphatic heterocycles. The zero-order chi connectivity index (χ0) is 10.6. The van der Waals surface area contributed by atoms with Crippen LogP contribution in [0.3, 0.4) is 0 Å². The fourth-order valence-corrected chi connectivity index (χ4v) is 2.42. The minimum atomic E-state index is 0.506. The van der Waals surface area contributed by atoms with Crippen LogP contribution in [0.5, 0.6) is 0 Å². The maximum Gasteiger partial charge on any atom is 0.0328 e. The number of halogens is 1. The maximum atomic E-state index is 3.38. The van der Waals surface area contributed by atoms with Crippen molar-refractivity contribution in [2.24, 2.45) is 0 Å². The summed E-state index contributed by atoms with van der Waals surface area (Å²) in [6.07, 6.45) is 2.42. The Labute approximate surface area is 100 Å². The van der Waals surface area contributed by atoms with Crippen LogP contribution >= 0.6 is 22.6 Å². The van der Waals surface area contributed by atoms with E-state index in [9.17, 15) is 0 Å². The van der Waals surface area contributed by atoms with Gasteiger partial charge in [0.1, 0.15) is 0 Å². The third-order valence-electron chi connectivity index (χ3n) is 2.52. The highest BCUT2D eigenvalue weighted by Gasteiger charge is 2.11. The van der Waals surface area contributed by atoms with Crippen molar-refractivity contribution < 1.29 is 0 Å². The Morgan fingerprint density at radius 2 is 2.14 bits per heavy atom. The molecule has 1 N–H and O–H groups in total. The maximum absolute atomic E-state index is 3.38. The van der Waals surface area contributed by atoms with Gasteiger partial charge in [-0.3, -0.25) is 0 Å². The summed E-state index contributed by atoms with van der Waals surface area (Å²) in [6, 6.07) is 7.05. The Balaban J connectivity index is 2.97. The topological polar surface area (TPSA) is 12.0 Å². The van der Waals surface area contributed by atoms with Crippen LogP contribution in [-0.2, 0) is 0 Å². The highest BCUT2D eigenvalue weighted by Crippen LogP contribution is 2.25. The second kappa shape index (κ2) is 5.71. The lowest BCUT2D eigenvalue weighted by Crippen LogP contribution is -2.17. The Hall–Kier alpha value is -0.0900. The van der Waals surface area contributed by atoms with Crippen LogP contribution in [0.2, 0.25) is 0 Å². The largest absolute Gasteiger partial charge is 0.313 e. The number of benzene rings is 1. The van der Waals surface area contributed by atoms with Crippen molar-refractivity contribution in [2.75, 3.05) is 7.05 Å². The Bertz CT molecular complexity index is 296. The summed E-state index contributed by atoms with van der Waals surface area (Å²) in [5, 5.41) is 3.38. The molecule has 78 valence electrons. The van der Waals surface area contributed by atoms with Crippen molar-refractivity contribution in [1.29, 1.82) is 0 Å². The molecule has 0 heterocycles. The Kier molecular flexibility index (Phi) is 4.89. The zero-order valence-corrected chi connectivity index (χ0v) is 11.3. The molecule has 0 fully saturated rings. The van der Waals surface area contributed by atoms with E-state index in [0.29, 0.717) is 6.04 Å². The number of rotatable bonds is 4. The van der Waals surface area contributed by atoms with E-state index in [1.54, 1.807) is 0 Å². The lowest BCUT2D eigenvalue weighted by Gasteiger charge is -2.18. The number of nitrogens with one attached hydrogen (secondary N) is 1. The van der Waals surface area contributed by atoms with E-state index >= 15 is 0 Å². The van der Waals surface area contributed by atoms with Gasteiger partial charge >= 0.3 is 0 Å². The molecule has 0 saturated carbocycles. The molecule has 1 aromatic carbocycles. The molecule has 0 aliphatic carbocycles. The second-order valence-electron chi connectivity index (χ2n) is 3.61.